The fourth-order valence-corrected chi connectivity index (χ4v) is 1.83. The Labute approximate surface area is 110 Å². The van der Waals surface area contributed by atoms with Crippen LogP contribution in [0.15, 0.2) is 22.7 Å². The summed E-state index contributed by atoms with van der Waals surface area (Å²) in [7, 11) is 0. The predicted molar refractivity (Wildman–Crippen MR) is 68.2 cm³/mol. The molecule has 0 saturated heterocycles. The van der Waals surface area contributed by atoms with Gasteiger partial charge in [0.05, 0.1) is 0 Å². The first-order valence-corrected chi connectivity index (χ1v) is 6.21. The molecule has 1 aliphatic heterocycles. The molecule has 2 heterocycles. The molecular weight excluding hydrogens is 246 g/mol. The van der Waals surface area contributed by atoms with Crippen molar-refractivity contribution in [3.63, 3.8) is 0 Å². The molecule has 1 aliphatic rings. The first kappa shape index (κ1) is 12.0. The van der Waals surface area contributed by atoms with E-state index in [1.54, 1.807) is 0 Å². The van der Waals surface area contributed by atoms with Gasteiger partial charge in [0.25, 0.3) is 5.89 Å². The van der Waals surface area contributed by atoms with Crippen LogP contribution in [-0.2, 0) is 0 Å². The van der Waals surface area contributed by atoms with Crippen LogP contribution in [0, 0.1) is 0 Å². The molecule has 19 heavy (non-hydrogen) atoms. The molecule has 3 rings (SSSR count). The van der Waals surface area contributed by atoms with Crippen LogP contribution in [0.2, 0.25) is 0 Å². The molecule has 0 spiro atoms. The first-order chi connectivity index (χ1) is 9.28. The van der Waals surface area contributed by atoms with Crippen LogP contribution in [0.5, 0.6) is 11.5 Å². The summed E-state index contributed by atoms with van der Waals surface area (Å²) in [6, 6.07) is 5.57. The van der Waals surface area contributed by atoms with Gasteiger partial charge in [0.1, 0.15) is 13.2 Å². The number of aromatic nitrogens is 2. The van der Waals surface area contributed by atoms with E-state index in [-0.39, 0.29) is 5.92 Å². The minimum atomic E-state index is 0.0784. The number of rotatable bonds is 3. The highest BCUT2D eigenvalue weighted by Crippen LogP contribution is 2.34. The lowest BCUT2D eigenvalue weighted by Gasteiger charge is -2.18. The largest absolute Gasteiger partial charge is 0.486 e. The van der Waals surface area contributed by atoms with E-state index in [0.29, 0.717) is 37.2 Å². The maximum Gasteiger partial charge on any atom is 0.258 e. The van der Waals surface area contributed by atoms with Crippen molar-refractivity contribution in [3.8, 4) is 23.0 Å². The Kier molecular flexibility index (Phi) is 3.08. The summed E-state index contributed by atoms with van der Waals surface area (Å²) in [5, 5.41) is 3.94. The fourth-order valence-electron chi connectivity index (χ4n) is 1.83. The minimum absolute atomic E-state index is 0.0784. The molecule has 1 aromatic carbocycles. The second kappa shape index (κ2) is 4.89. The Hall–Kier alpha value is -2.08. The second-order valence-corrected chi connectivity index (χ2v) is 4.45. The summed E-state index contributed by atoms with van der Waals surface area (Å²) < 4.78 is 16.2. The molecule has 1 atom stereocenters. The summed E-state index contributed by atoms with van der Waals surface area (Å²) in [4.78, 5) is 4.35. The number of nitrogens with zero attached hydrogens (tertiary/aromatic N) is 2. The highest BCUT2D eigenvalue weighted by Gasteiger charge is 2.17. The van der Waals surface area contributed by atoms with E-state index in [9.17, 15) is 0 Å². The van der Waals surface area contributed by atoms with Gasteiger partial charge in [-0.1, -0.05) is 12.1 Å². The smallest absolute Gasteiger partial charge is 0.258 e. The molecular formula is C13H15N3O3. The third-order valence-electron chi connectivity index (χ3n) is 3.03. The highest BCUT2D eigenvalue weighted by molar-refractivity contribution is 5.60. The molecule has 0 amide bonds. The van der Waals surface area contributed by atoms with Gasteiger partial charge in [0.2, 0.25) is 0 Å². The molecule has 1 aromatic heterocycles. The van der Waals surface area contributed by atoms with Gasteiger partial charge in [-0.3, -0.25) is 0 Å². The van der Waals surface area contributed by atoms with Crippen LogP contribution in [0.25, 0.3) is 11.5 Å². The molecule has 0 fully saturated rings. The van der Waals surface area contributed by atoms with E-state index in [0.717, 1.165) is 11.3 Å². The van der Waals surface area contributed by atoms with E-state index in [2.05, 4.69) is 10.1 Å². The van der Waals surface area contributed by atoms with Crippen LogP contribution in [0.4, 0.5) is 0 Å². The molecule has 100 valence electrons. The Morgan fingerprint density at radius 3 is 2.84 bits per heavy atom. The monoisotopic (exact) mass is 261 g/mol. The van der Waals surface area contributed by atoms with Crippen molar-refractivity contribution in [1.29, 1.82) is 0 Å². The van der Waals surface area contributed by atoms with Crippen LogP contribution < -0.4 is 15.2 Å². The van der Waals surface area contributed by atoms with Crippen LogP contribution in [0.3, 0.4) is 0 Å². The summed E-state index contributed by atoms with van der Waals surface area (Å²) >= 11 is 0. The number of ether oxygens (including phenoxy) is 2. The van der Waals surface area contributed by atoms with Gasteiger partial charge in [-0.05, 0) is 18.2 Å². The molecule has 2 N–H and O–H groups in total. The second-order valence-electron chi connectivity index (χ2n) is 4.45. The maximum absolute atomic E-state index is 5.58. The third-order valence-corrected chi connectivity index (χ3v) is 3.03. The Balaban J connectivity index is 1.91. The van der Waals surface area contributed by atoms with E-state index in [1.807, 2.05) is 25.1 Å². The quantitative estimate of drug-likeness (QED) is 0.902. The van der Waals surface area contributed by atoms with Gasteiger partial charge in [-0.2, -0.15) is 4.98 Å². The lowest BCUT2D eigenvalue weighted by molar-refractivity contribution is 0.171. The van der Waals surface area contributed by atoms with Crippen molar-refractivity contribution in [2.24, 2.45) is 5.73 Å². The van der Waals surface area contributed by atoms with E-state index >= 15 is 0 Å². The van der Waals surface area contributed by atoms with Crippen LogP contribution in [0.1, 0.15) is 18.7 Å². The molecule has 6 nitrogen and oxygen atoms in total. The van der Waals surface area contributed by atoms with Crippen LogP contribution >= 0.6 is 0 Å². The SMILES string of the molecule is CC(CN)c1noc(-c2ccc3c(c2)OCCO3)n1. The standard InChI is InChI=1S/C13H15N3O3/c1-8(7-14)12-15-13(19-16-12)9-2-3-10-11(6-9)18-5-4-17-10/h2-3,6,8H,4-5,7,14H2,1H3. The Morgan fingerprint density at radius 1 is 1.26 bits per heavy atom. The summed E-state index contributed by atoms with van der Waals surface area (Å²) in [5.74, 6) is 2.61. The summed E-state index contributed by atoms with van der Waals surface area (Å²) in [6.45, 7) is 3.57. The zero-order valence-corrected chi connectivity index (χ0v) is 10.6. The lowest BCUT2D eigenvalue weighted by Crippen LogP contribution is -2.15. The normalized spacial score (nSPS) is 15.3. The Morgan fingerprint density at radius 2 is 2.05 bits per heavy atom. The molecule has 0 bridgehead atoms. The van der Waals surface area contributed by atoms with Crippen molar-refractivity contribution < 1.29 is 14.0 Å². The fraction of sp³-hybridized carbons (Fsp3) is 0.385. The number of hydrogen-bond acceptors (Lipinski definition) is 6. The molecule has 0 radical (unpaired) electrons. The van der Waals surface area contributed by atoms with E-state index in [4.69, 9.17) is 19.7 Å². The van der Waals surface area contributed by atoms with Gasteiger partial charge in [-0.15, -0.1) is 0 Å². The molecule has 1 unspecified atom stereocenters. The predicted octanol–water partition coefficient (Wildman–Crippen LogP) is 1.57. The zero-order chi connectivity index (χ0) is 13.2. The highest BCUT2D eigenvalue weighted by atomic mass is 16.6. The summed E-state index contributed by atoms with van der Waals surface area (Å²) in [6.07, 6.45) is 0. The number of benzene rings is 1. The topological polar surface area (TPSA) is 83.4 Å². The minimum Gasteiger partial charge on any atom is -0.486 e. The average molecular weight is 261 g/mol. The third kappa shape index (κ3) is 2.26. The number of nitrogens with two attached hydrogens (primary N) is 1. The van der Waals surface area contributed by atoms with Gasteiger partial charge < -0.3 is 19.7 Å². The number of fused-ring (bicyclic) bond motifs is 1. The van der Waals surface area contributed by atoms with Crippen molar-refractivity contribution in [2.45, 2.75) is 12.8 Å². The van der Waals surface area contributed by atoms with Gasteiger partial charge in [0, 0.05) is 18.0 Å². The van der Waals surface area contributed by atoms with Gasteiger partial charge >= 0.3 is 0 Å². The molecule has 0 aliphatic carbocycles. The zero-order valence-electron chi connectivity index (χ0n) is 10.6. The molecule has 0 saturated carbocycles. The van der Waals surface area contributed by atoms with E-state index < -0.39 is 0 Å². The summed E-state index contributed by atoms with van der Waals surface area (Å²) in [5.41, 5.74) is 6.40. The van der Waals surface area contributed by atoms with Crippen molar-refractivity contribution in [2.75, 3.05) is 19.8 Å². The maximum atomic E-state index is 5.58. The first-order valence-electron chi connectivity index (χ1n) is 6.21. The lowest BCUT2D eigenvalue weighted by atomic mass is 10.1. The van der Waals surface area contributed by atoms with Gasteiger partial charge in [-0.25, -0.2) is 0 Å². The number of hydrogen-bond donors (Lipinski definition) is 1. The van der Waals surface area contributed by atoms with Crippen LogP contribution in [-0.4, -0.2) is 29.9 Å². The van der Waals surface area contributed by atoms with E-state index in [1.165, 1.54) is 0 Å². The molecule has 2 aromatic rings. The average Bonchev–Trinajstić information content (AvgIpc) is 2.95. The van der Waals surface area contributed by atoms with Crippen molar-refractivity contribution in [3.05, 3.63) is 24.0 Å². The Bertz CT molecular complexity index is 582. The van der Waals surface area contributed by atoms with Gasteiger partial charge in [0.15, 0.2) is 17.3 Å². The van der Waals surface area contributed by atoms with Crippen molar-refractivity contribution in [1.82, 2.24) is 10.1 Å². The molecule has 6 heteroatoms. The van der Waals surface area contributed by atoms with Crippen molar-refractivity contribution >= 4 is 0 Å².